The summed E-state index contributed by atoms with van der Waals surface area (Å²) in [4.78, 5) is 13.3. The fourth-order valence-corrected chi connectivity index (χ4v) is 2.65. The Morgan fingerprint density at radius 2 is 1.94 bits per heavy atom. The molecule has 0 aromatic carbocycles. The minimum absolute atomic E-state index is 0.0422. The number of carbonyl (C=O) groups excluding carboxylic acids is 1. The highest BCUT2D eigenvalue weighted by molar-refractivity contribution is 5.75. The van der Waals surface area contributed by atoms with E-state index in [-0.39, 0.29) is 12.0 Å². The van der Waals surface area contributed by atoms with Gasteiger partial charge in [0.2, 0.25) is 0 Å². The summed E-state index contributed by atoms with van der Waals surface area (Å²) in [5.41, 5.74) is 0. The highest BCUT2D eigenvalue weighted by Crippen LogP contribution is 2.33. The maximum atomic E-state index is 11.0. The monoisotopic (exact) mass is 227 g/mol. The van der Waals surface area contributed by atoms with Crippen LogP contribution in [0.25, 0.3) is 0 Å². The molecule has 1 aliphatic carbocycles. The molecule has 2 fully saturated rings. The highest BCUT2D eigenvalue weighted by Gasteiger charge is 2.40. The van der Waals surface area contributed by atoms with Crippen LogP contribution in [0.4, 0.5) is 0 Å². The summed E-state index contributed by atoms with van der Waals surface area (Å²) < 4.78 is 5.89. The van der Waals surface area contributed by atoms with Gasteiger partial charge in [0.05, 0.1) is 6.10 Å². The highest BCUT2D eigenvalue weighted by atomic mass is 16.5. The summed E-state index contributed by atoms with van der Waals surface area (Å²) in [6.45, 7) is 5.64. The van der Waals surface area contributed by atoms with Crippen LogP contribution < -0.4 is 0 Å². The molecule has 3 heteroatoms. The zero-order valence-electron chi connectivity index (χ0n) is 11.0. The van der Waals surface area contributed by atoms with E-state index >= 15 is 0 Å². The van der Waals surface area contributed by atoms with Crippen molar-refractivity contribution in [3.05, 3.63) is 0 Å². The van der Waals surface area contributed by atoms with Gasteiger partial charge >= 0.3 is 0 Å². The van der Waals surface area contributed by atoms with Gasteiger partial charge in [-0.3, -0.25) is 9.69 Å². The Morgan fingerprint density at radius 1 is 1.31 bits per heavy atom. The lowest BCUT2D eigenvalue weighted by molar-refractivity contribution is -0.121. The Balaban J connectivity index is 0.000000606. The van der Waals surface area contributed by atoms with Crippen molar-refractivity contribution in [1.29, 1.82) is 0 Å². The van der Waals surface area contributed by atoms with E-state index in [9.17, 15) is 4.79 Å². The summed E-state index contributed by atoms with van der Waals surface area (Å²) in [6.07, 6.45) is 5.96. The lowest BCUT2D eigenvalue weighted by atomic mass is 9.92. The van der Waals surface area contributed by atoms with Crippen molar-refractivity contribution in [2.45, 2.75) is 71.2 Å². The number of carbonyl (C=O) groups is 1. The van der Waals surface area contributed by atoms with Crippen molar-refractivity contribution in [2.24, 2.45) is 0 Å². The van der Waals surface area contributed by atoms with E-state index < -0.39 is 0 Å². The van der Waals surface area contributed by atoms with Crippen molar-refractivity contribution in [1.82, 2.24) is 4.90 Å². The minimum Gasteiger partial charge on any atom is -0.358 e. The van der Waals surface area contributed by atoms with Gasteiger partial charge in [-0.25, -0.2) is 0 Å². The van der Waals surface area contributed by atoms with Crippen LogP contribution in [-0.4, -0.2) is 36.1 Å². The first-order valence-corrected chi connectivity index (χ1v) is 6.55. The van der Waals surface area contributed by atoms with Crippen LogP contribution >= 0.6 is 0 Å². The first-order chi connectivity index (χ1) is 7.68. The summed E-state index contributed by atoms with van der Waals surface area (Å²) in [5.74, 6) is 0.223. The summed E-state index contributed by atoms with van der Waals surface area (Å²) >= 11 is 0. The number of fused-ring (bicyclic) bond motifs is 1. The van der Waals surface area contributed by atoms with E-state index in [0.29, 0.717) is 18.6 Å². The van der Waals surface area contributed by atoms with Gasteiger partial charge < -0.3 is 4.74 Å². The Labute approximate surface area is 99.1 Å². The second kappa shape index (κ2) is 6.36. The van der Waals surface area contributed by atoms with Crippen LogP contribution in [0.15, 0.2) is 0 Å². The molecule has 0 spiro atoms. The van der Waals surface area contributed by atoms with Crippen LogP contribution in [0.2, 0.25) is 0 Å². The standard InChI is InChI=1S/C11H19NO2.C2H6/c1-8(13)7-11-12(2)9-5-3-4-6-10(9)14-11;1-2/h9-11H,3-7H2,1-2H3;1-2H3. The number of ether oxygens (including phenoxy) is 1. The number of Topliss-reactive ketones (excluding diaryl/α,β-unsaturated/α-hetero) is 1. The van der Waals surface area contributed by atoms with Gasteiger partial charge in [-0.15, -0.1) is 0 Å². The molecule has 0 N–H and O–H groups in total. The predicted octanol–water partition coefficient (Wildman–Crippen LogP) is 2.59. The first kappa shape index (κ1) is 13.7. The van der Waals surface area contributed by atoms with E-state index in [1.165, 1.54) is 25.7 Å². The zero-order valence-corrected chi connectivity index (χ0v) is 11.0. The number of nitrogens with zero attached hydrogens (tertiary/aromatic N) is 1. The van der Waals surface area contributed by atoms with Gasteiger partial charge in [-0.05, 0) is 26.8 Å². The molecular weight excluding hydrogens is 202 g/mol. The predicted molar refractivity (Wildman–Crippen MR) is 65.3 cm³/mol. The van der Waals surface area contributed by atoms with Gasteiger partial charge in [-0.1, -0.05) is 26.7 Å². The van der Waals surface area contributed by atoms with Crippen molar-refractivity contribution < 1.29 is 9.53 Å². The van der Waals surface area contributed by atoms with Gasteiger partial charge in [0.25, 0.3) is 0 Å². The van der Waals surface area contributed by atoms with Crippen LogP contribution in [0.3, 0.4) is 0 Å². The Bertz CT molecular complexity index is 230. The van der Waals surface area contributed by atoms with Gasteiger partial charge in [0.15, 0.2) is 0 Å². The van der Waals surface area contributed by atoms with Crippen LogP contribution in [-0.2, 0) is 9.53 Å². The van der Waals surface area contributed by atoms with Gasteiger partial charge in [0.1, 0.15) is 12.0 Å². The number of ketones is 1. The number of hydrogen-bond acceptors (Lipinski definition) is 3. The normalized spacial score (nSPS) is 33.9. The largest absolute Gasteiger partial charge is 0.358 e. The molecule has 3 nitrogen and oxygen atoms in total. The third-order valence-corrected chi connectivity index (χ3v) is 3.44. The van der Waals surface area contributed by atoms with Gasteiger partial charge in [-0.2, -0.15) is 0 Å². The quantitative estimate of drug-likeness (QED) is 0.726. The number of rotatable bonds is 2. The summed E-state index contributed by atoms with van der Waals surface area (Å²) in [6, 6.07) is 0.563. The second-order valence-electron chi connectivity index (χ2n) is 4.55. The lowest BCUT2D eigenvalue weighted by Gasteiger charge is -2.27. The Hall–Kier alpha value is -0.410. The van der Waals surface area contributed by atoms with Crippen molar-refractivity contribution in [3.8, 4) is 0 Å². The number of hydrogen-bond donors (Lipinski definition) is 0. The maximum Gasteiger partial charge on any atom is 0.133 e. The molecule has 2 aliphatic rings. The molecule has 0 bridgehead atoms. The average Bonchev–Trinajstić information content (AvgIpc) is 2.59. The van der Waals surface area contributed by atoms with E-state index in [0.717, 1.165) is 0 Å². The summed E-state index contributed by atoms with van der Waals surface area (Å²) in [5, 5.41) is 0. The van der Waals surface area contributed by atoms with Crippen molar-refractivity contribution in [3.63, 3.8) is 0 Å². The van der Waals surface area contributed by atoms with Crippen LogP contribution in [0.5, 0.6) is 0 Å². The molecular formula is C13H25NO2. The van der Waals surface area contributed by atoms with Crippen LogP contribution in [0, 0.1) is 0 Å². The smallest absolute Gasteiger partial charge is 0.133 e. The molecule has 0 aromatic rings. The Morgan fingerprint density at radius 3 is 2.50 bits per heavy atom. The number of likely N-dealkylation sites (N-methyl/N-ethyl adjacent to an activating group) is 1. The van der Waals surface area contributed by atoms with E-state index in [1.54, 1.807) is 6.92 Å². The van der Waals surface area contributed by atoms with Gasteiger partial charge in [0, 0.05) is 12.5 Å². The average molecular weight is 227 g/mol. The summed E-state index contributed by atoms with van der Waals surface area (Å²) in [7, 11) is 2.09. The fraction of sp³-hybridized carbons (Fsp3) is 0.923. The molecule has 1 heterocycles. The molecule has 0 aromatic heterocycles. The molecule has 94 valence electrons. The minimum atomic E-state index is 0.0422. The zero-order chi connectivity index (χ0) is 12.1. The van der Waals surface area contributed by atoms with E-state index in [2.05, 4.69) is 11.9 Å². The van der Waals surface area contributed by atoms with Crippen molar-refractivity contribution >= 4 is 5.78 Å². The lowest BCUT2D eigenvalue weighted by Crippen LogP contribution is -2.37. The molecule has 3 unspecified atom stereocenters. The fourth-order valence-electron chi connectivity index (χ4n) is 2.65. The molecule has 1 saturated heterocycles. The topological polar surface area (TPSA) is 29.5 Å². The van der Waals surface area contributed by atoms with Crippen LogP contribution in [0.1, 0.15) is 52.9 Å². The third-order valence-electron chi connectivity index (χ3n) is 3.44. The molecule has 1 saturated carbocycles. The second-order valence-corrected chi connectivity index (χ2v) is 4.55. The molecule has 2 rings (SSSR count). The SMILES string of the molecule is CC.CC(=O)CC1OC2CCCCC2N1C. The van der Waals surface area contributed by atoms with E-state index in [1.807, 2.05) is 13.8 Å². The third kappa shape index (κ3) is 3.05. The van der Waals surface area contributed by atoms with E-state index in [4.69, 9.17) is 4.74 Å². The molecule has 1 aliphatic heterocycles. The van der Waals surface area contributed by atoms with Crippen molar-refractivity contribution in [2.75, 3.05) is 7.05 Å². The molecule has 3 atom stereocenters. The molecule has 0 radical (unpaired) electrons. The molecule has 0 amide bonds. The molecule has 16 heavy (non-hydrogen) atoms. The first-order valence-electron chi connectivity index (χ1n) is 6.55. The Kier molecular flexibility index (Phi) is 5.42. The maximum absolute atomic E-state index is 11.0.